The molecule has 0 radical (unpaired) electrons. The molecule has 0 fully saturated rings. The fourth-order valence-electron chi connectivity index (χ4n) is 2.47. The maximum atomic E-state index is 10.2. The Bertz CT molecular complexity index is 749. The molecule has 2 aromatic carbocycles. The molecule has 0 saturated carbocycles. The summed E-state index contributed by atoms with van der Waals surface area (Å²) < 4.78 is 5.62. The van der Waals surface area contributed by atoms with E-state index in [-0.39, 0.29) is 40.5 Å². The van der Waals surface area contributed by atoms with Crippen LogP contribution >= 0.6 is 12.6 Å². The molecule has 7 N–H and O–H groups in total. The molecule has 0 spiro atoms. The molecule has 0 saturated heterocycles. The molecular weight excluding hydrogens is 346 g/mol. The molecule has 1 unspecified atom stereocenters. The van der Waals surface area contributed by atoms with Crippen LogP contribution in [0.25, 0.3) is 0 Å². The Morgan fingerprint density at radius 1 is 1.08 bits per heavy atom. The van der Waals surface area contributed by atoms with Gasteiger partial charge in [-0.05, 0) is 24.6 Å². The minimum atomic E-state index is -0.933. The highest BCUT2D eigenvalue weighted by Gasteiger charge is 2.32. The Kier molecular flexibility index (Phi) is 5.89. The van der Waals surface area contributed by atoms with Crippen LogP contribution in [0.1, 0.15) is 24.2 Å². The van der Waals surface area contributed by atoms with Crippen molar-refractivity contribution in [3.05, 3.63) is 41.5 Å². The molecule has 3 atom stereocenters. The van der Waals surface area contributed by atoms with Crippen LogP contribution in [0.5, 0.6) is 28.7 Å². The zero-order valence-electron chi connectivity index (χ0n) is 13.5. The van der Waals surface area contributed by atoms with Crippen molar-refractivity contribution < 1.29 is 30.3 Å². The van der Waals surface area contributed by atoms with Gasteiger partial charge in [0.1, 0.15) is 23.4 Å². The number of ether oxygens (including phenoxy) is 1. The Hall–Kier alpha value is -2.29. The summed E-state index contributed by atoms with van der Waals surface area (Å²) in [6.07, 6.45) is -1.56. The van der Waals surface area contributed by atoms with Gasteiger partial charge in [0.15, 0.2) is 11.5 Å². The fourth-order valence-corrected chi connectivity index (χ4v) is 2.47. The number of phenolic OH excluding ortho intramolecular Hbond substituents is 4. The molecule has 8 heteroatoms. The third kappa shape index (κ3) is 4.62. The van der Waals surface area contributed by atoms with Crippen molar-refractivity contribution in [3.8, 4) is 28.7 Å². The Morgan fingerprint density at radius 2 is 1.72 bits per heavy atom. The lowest BCUT2D eigenvalue weighted by Gasteiger charge is -2.31. The van der Waals surface area contributed by atoms with Crippen molar-refractivity contribution in [1.29, 1.82) is 0 Å². The second-order valence-corrected chi connectivity index (χ2v) is 6.55. The average molecular weight is 367 g/mol. The number of aliphatic hydroxyl groups is 1. The highest BCUT2D eigenvalue weighted by atomic mass is 32.1. The number of nitrogens with two attached hydrogens (primary N) is 1. The molecule has 0 amide bonds. The van der Waals surface area contributed by atoms with Gasteiger partial charge in [-0.2, -0.15) is 12.6 Å². The number of hydrogen-bond acceptors (Lipinski definition) is 8. The van der Waals surface area contributed by atoms with E-state index in [1.54, 1.807) is 0 Å². The zero-order chi connectivity index (χ0) is 18.7. The molecule has 2 aromatic rings. The molecule has 0 aromatic heterocycles. The first-order chi connectivity index (χ1) is 11.7. The summed E-state index contributed by atoms with van der Waals surface area (Å²) in [7, 11) is 0. The molecule has 136 valence electrons. The highest BCUT2D eigenvalue weighted by molar-refractivity contribution is 7.80. The van der Waals surface area contributed by atoms with Crippen LogP contribution in [-0.2, 0) is 6.42 Å². The second kappa shape index (κ2) is 7.73. The van der Waals surface area contributed by atoms with Crippen LogP contribution in [0.4, 0.5) is 0 Å². The molecule has 1 aliphatic rings. The summed E-state index contributed by atoms with van der Waals surface area (Å²) in [5, 5.41) is 48.3. The van der Waals surface area contributed by atoms with Crippen LogP contribution < -0.4 is 10.5 Å². The number of phenols is 4. The minimum Gasteiger partial charge on any atom is -0.508 e. The first kappa shape index (κ1) is 19.0. The van der Waals surface area contributed by atoms with E-state index in [9.17, 15) is 25.5 Å². The Labute approximate surface area is 150 Å². The van der Waals surface area contributed by atoms with Gasteiger partial charge < -0.3 is 36.0 Å². The second-order valence-electron chi connectivity index (χ2n) is 5.74. The summed E-state index contributed by atoms with van der Waals surface area (Å²) in [4.78, 5) is 0. The quantitative estimate of drug-likeness (QED) is 0.232. The van der Waals surface area contributed by atoms with Gasteiger partial charge in [0.2, 0.25) is 0 Å². The summed E-state index contributed by atoms with van der Waals surface area (Å²) in [6.45, 7) is 1.81. The summed E-state index contributed by atoms with van der Waals surface area (Å²) >= 11 is 3.74. The normalized spacial score (nSPS) is 19.8. The van der Waals surface area contributed by atoms with Gasteiger partial charge in [-0.1, -0.05) is 6.07 Å². The van der Waals surface area contributed by atoms with Gasteiger partial charge in [0.25, 0.3) is 0 Å². The zero-order valence-corrected chi connectivity index (χ0v) is 14.4. The fraction of sp³-hybridized carbons (Fsp3) is 0.294. The molecule has 25 heavy (non-hydrogen) atoms. The standard InChI is InChI=1S/C15H14O6.C2H7NS/c16-8-4-11(18)9-6-13(20)15(21-14(9)5-8)7-1-2-10(17)12(19)3-7;1-2(3)4/h1-5,13,15-20H,6H2;2,4H,3H2,1H3/t13-,15+;/m0./s1. The van der Waals surface area contributed by atoms with Crippen molar-refractivity contribution in [3.63, 3.8) is 0 Å². The van der Waals surface area contributed by atoms with Crippen LogP contribution in [0, 0.1) is 0 Å². The Balaban J connectivity index is 0.000000511. The van der Waals surface area contributed by atoms with E-state index >= 15 is 0 Å². The number of aliphatic hydroxyl groups excluding tert-OH is 1. The van der Waals surface area contributed by atoms with Gasteiger partial charge in [-0.3, -0.25) is 0 Å². The topological polar surface area (TPSA) is 136 Å². The van der Waals surface area contributed by atoms with Gasteiger partial charge in [-0.15, -0.1) is 0 Å². The number of thiol groups is 1. The van der Waals surface area contributed by atoms with Gasteiger partial charge in [0, 0.05) is 29.5 Å². The van der Waals surface area contributed by atoms with Crippen molar-refractivity contribution in [2.75, 3.05) is 0 Å². The summed E-state index contributed by atoms with van der Waals surface area (Å²) in [6, 6.07) is 6.67. The van der Waals surface area contributed by atoms with E-state index < -0.39 is 12.2 Å². The van der Waals surface area contributed by atoms with E-state index in [0.29, 0.717) is 11.1 Å². The van der Waals surface area contributed by atoms with Gasteiger partial charge in [-0.25, -0.2) is 0 Å². The van der Waals surface area contributed by atoms with E-state index in [4.69, 9.17) is 10.5 Å². The smallest absolute Gasteiger partial charge is 0.157 e. The third-order valence-electron chi connectivity index (χ3n) is 3.51. The van der Waals surface area contributed by atoms with Crippen molar-refractivity contribution >= 4 is 12.6 Å². The van der Waals surface area contributed by atoms with E-state index in [1.165, 1.54) is 30.3 Å². The number of aromatic hydroxyl groups is 4. The SMILES string of the molecule is CC(N)S.Oc1cc(O)c2c(c1)O[C@H](c1ccc(O)c(O)c1)[C@@H](O)C2. The first-order valence-electron chi connectivity index (χ1n) is 7.54. The Morgan fingerprint density at radius 3 is 2.32 bits per heavy atom. The average Bonchev–Trinajstić information content (AvgIpc) is 2.50. The van der Waals surface area contributed by atoms with Crippen LogP contribution in [0.15, 0.2) is 30.3 Å². The molecule has 1 aliphatic heterocycles. The summed E-state index contributed by atoms with van der Waals surface area (Å²) in [5.41, 5.74) is 5.87. The molecule has 0 bridgehead atoms. The lowest BCUT2D eigenvalue weighted by atomic mass is 9.94. The molecule has 0 aliphatic carbocycles. The third-order valence-corrected chi connectivity index (χ3v) is 3.51. The van der Waals surface area contributed by atoms with Crippen molar-refractivity contribution in [2.24, 2.45) is 5.73 Å². The monoisotopic (exact) mass is 367 g/mol. The highest BCUT2D eigenvalue weighted by Crippen LogP contribution is 2.42. The van der Waals surface area contributed by atoms with Crippen molar-refractivity contribution in [1.82, 2.24) is 0 Å². The van der Waals surface area contributed by atoms with E-state index in [1.807, 2.05) is 6.92 Å². The van der Waals surface area contributed by atoms with Gasteiger partial charge in [0.05, 0.1) is 6.10 Å². The van der Waals surface area contributed by atoms with Crippen molar-refractivity contribution in [2.45, 2.75) is 30.9 Å². The van der Waals surface area contributed by atoms with E-state index in [0.717, 1.165) is 0 Å². The largest absolute Gasteiger partial charge is 0.508 e. The van der Waals surface area contributed by atoms with Crippen LogP contribution in [-0.4, -0.2) is 37.0 Å². The number of hydrogen-bond donors (Lipinski definition) is 7. The summed E-state index contributed by atoms with van der Waals surface area (Å²) in [5.74, 6) is -0.589. The van der Waals surface area contributed by atoms with Gasteiger partial charge >= 0.3 is 0 Å². The van der Waals surface area contributed by atoms with E-state index in [2.05, 4.69) is 12.6 Å². The molecule has 3 rings (SSSR count). The molecule has 7 nitrogen and oxygen atoms in total. The molecular formula is C17H21NO6S. The maximum absolute atomic E-state index is 10.2. The lowest BCUT2D eigenvalue weighted by molar-refractivity contribution is 0.0197. The van der Waals surface area contributed by atoms with Crippen LogP contribution in [0.3, 0.4) is 0 Å². The first-order valence-corrected chi connectivity index (χ1v) is 8.05. The number of fused-ring (bicyclic) bond motifs is 1. The minimum absolute atomic E-state index is 0.0278. The number of rotatable bonds is 1. The molecule has 1 heterocycles. The lowest BCUT2D eigenvalue weighted by Crippen LogP contribution is -2.30. The predicted octanol–water partition coefficient (Wildman–Crippen LogP) is 1.77. The predicted molar refractivity (Wildman–Crippen MR) is 95.3 cm³/mol. The number of benzene rings is 2. The maximum Gasteiger partial charge on any atom is 0.157 e. The van der Waals surface area contributed by atoms with Crippen LogP contribution in [0.2, 0.25) is 0 Å².